The SMILES string of the molecule is [CH2]c1ccc([N+](=O)[O-])c(C)c1C. The van der Waals surface area contributed by atoms with Crippen molar-refractivity contribution in [1.82, 2.24) is 0 Å². The van der Waals surface area contributed by atoms with Gasteiger partial charge in [-0.3, -0.25) is 10.1 Å². The number of rotatable bonds is 1. The molecule has 0 amide bonds. The van der Waals surface area contributed by atoms with Gasteiger partial charge in [-0.25, -0.2) is 0 Å². The molecule has 1 rings (SSSR count). The summed E-state index contributed by atoms with van der Waals surface area (Å²) in [4.78, 5) is 10.1. The zero-order valence-electron chi connectivity index (χ0n) is 7.13. The molecule has 0 saturated carbocycles. The third-order valence-electron chi connectivity index (χ3n) is 2.07. The molecule has 0 saturated heterocycles. The van der Waals surface area contributed by atoms with Crippen LogP contribution in [0.25, 0.3) is 0 Å². The van der Waals surface area contributed by atoms with Gasteiger partial charge in [0.1, 0.15) is 0 Å². The molecule has 12 heavy (non-hydrogen) atoms. The van der Waals surface area contributed by atoms with Crippen LogP contribution >= 0.6 is 0 Å². The second-order valence-electron chi connectivity index (χ2n) is 2.75. The van der Waals surface area contributed by atoms with Crippen LogP contribution in [-0.4, -0.2) is 4.92 Å². The molecule has 63 valence electrons. The van der Waals surface area contributed by atoms with Crippen molar-refractivity contribution in [3.63, 3.8) is 0 Å². The molecular weight excluding hydrogens is 154 g/mol. The molecule has 0 spiro atoms. The maximum atomic E-state index is 10.5. The number of hydrogen-bond donors (Lipinski definition) is 0. The van der Waals surface area contributed by atoms with Crippen molar-refractivity contribution < 1.29 is 4.92 Å². The molecule has 0 aliphatic heterocycles. The zero-order chi connectivity index (χ0) is 9.30. The largest absolute Gasteiger partial charge is 0.272 e. The minimum Gasteiger partial charge on any atom is -0.258 e. The van der Waals surface area contributed by atoms with Gasteiger partial charge >= 0.3 is 0 Å². The van der Waals surface area contributed by atoms with Gasteiger partial charge < -0.3 is 0 Å². The van der Waals surface area contributed by atoms with E-state index in [-0.39, 0.29) is 10.6 Å². The van der Waals surface area contributed by atoms with Crippen molar-refractivity contribution in [1.29, 1.82) is 0 Å². The molecule has 0 unspecified atom stereocenters. The van der Waals surface area contributed by atoms with E-state index in [9.17, 15) is 10.1 Å². The van der Waals surface area contributed by atoms with E-state index in [1.165, 1.54) is 6.07 Å². The minimum absolute atomic E-state index is 0.167. The van der Waals surface area contributed by atoms with Crippen molar-refractivity contribution in [3.05, 3.63) is 45.9 Å². The van der Waals surface area contributed by atoms with Crippen LogP contribution in [0.2, 0.25) is 0 Å². The zero-order valence-corrected chi connectivity index (χ0v) is 7.13. The van der Waals surface area contributed by atoms with Crippen LogP contribution < -0.4 is 0 Å². The summed E-state index contributed by atoms with van der Waals surface area (Å²) in [5, 5.41) is 10.5. The van der Waals surface area contributed by atoms with Gasteiger partial charge in [0.05, 0.1) is 4.92 Å². The lowest BCUT2D eigenvalue weighted by molar-refractivity contribution is -0.385. The van der Waals surface area contributed by atoms with E-state index in [0.717, 1.165) is 11.1 Å². The quantitative estimate of drug-likeness (QED) is 0.472. The summed E-state index contributed by atoms with van der Waals surface area (Å²) >= 11 is 0. The first kappa shape index (κ1) is 8.71. The second kappa shape index (κ2) is 2.93. The number of hydrogen-bond acceptors (Lipinski definition) is 2. The van der Waals surface area contributed by atoms with Crippen molar-refractivity contribution in [3.8, 4) is 0 Å². The fourth-order valence-electron chi connectivity index (χ4n) is 1.06. The summed E-state index contributed by atoms with van der Waals surface area (Å²) < 4.78 is 0. The Labute approximate surface area is 71.2 Å². The normalized spacial score (nSPS) is 9.92. The fraction of sp³-hybridized carbons (Fsp3) is 0.222. The Hall–Kier alpha value is -1.38. The van der Waals surface area contributed by atoms with E-state index in [1.54, 1.807) is 13.0 Å². The molecule has 1 aromatic rings. The molecule has 0 heterocycles. The maximum Gasteiger partial charge on any atom is 0.272 e. The summed E-state index contributed by atoms with van der Waals surface area (Å²) in [7, 11) is 0. The predicted octanol–water partition coefficient (Wildman–Crippen LogP) is 2.39. The molecule has 0 fully saturated rings. The Balaban J connectivity index is 3.36. The van der Waals surface area contributed by atoms with Gasteiger partial charge in [-0.1, -0.05) is 6.07 Å². The van der Waals surface area contributed by atoms with Crippen LogP contribution in [0.15, 0.2) is 12.1 Å². The summed E-state index contributed by atoms with van der Waals surface area (Å²) in [6.45, 7) is 7.33. The Morgan fingerprint density at radius 3 is 2.42 bits per heavy atom. The lowest BCUT2D eigenvalue weighted by atomic mass is 10.0. The summed E-state index contributed by atoms with van der Waals surface area (Å²) in [5.74, 6) is 0. The third-order valence-corrected chi connectivity index (χ3v) is 2.07. The minimum atomic E-state index is -0.373. The highest BCUT2D eigenvalue weighted by molar-refractivity contribution is 5.48. The van der Waals surface area contributed by atoms with Crippen molar-refractivity contribution in [2.75, 3.05) is 0 Å². The monoisotopic (exact) mass is 164 g/mol. The molecule has 0 bridgehead atoms. The lowest BCUT2D eigenvalue weighted by Crippen LogP contribution is -1.95. The summed E-state index contributed by atoms with van der Waals surface area (Å²) in [6.07, 6.45) is 0. The van der Waals surface area contributed by atoms with Crippen molar-refractivity contribution >= 4 is 5.69 Å². The number of benzene rings is 1. The Morgan fingerprint density at radius 2 is 1.92 bits per heavy atom. The first-order chi connectivity index (χ1) is 5.54. The molecule has 0 aromatic heterocycles. The number of nitrogens with zero attached hydrogens (tertiary/aromatic N) is 1. The highest BCUT2D eigenvalue weighted by Crippen LogP contribution is 2.22. The average Bonchev–Trinajstić information content (AvgIpc) is 2.00. The highest BCUT2D eigenvalue weighted by atomic mass is 16.6. The van der Waals surface area contributed by atoms with Crippen LogP contribution in [0.1, 0.15) is 16.7 Å². The van der Waals surface area contributed by atoms with Gasteiger partial charge in [0.2, 0.25) is 0 Å². The van der Waals surface area contributed by atoms with Crippen molar-refractivity contribution in [2.45, 2.75) is 13.8 Å². The van der Waals surface area contributed by atoms with Gasteiger partial charge in [0, 0.05) is 11.6 Å². The molecule has 0 aliphatic carbocycles. The van der Waals surface area contributed by atoms with Crippen LogP contribution in [0.5, 0.6) is 0 Å². The first-order valence-corrected chi connectivity index (χ1v) is 3.60. The fourth-order valence-corrected chi connectivity index (χ4v) is 1.06. The molecule has 0 N–H and O–H groups in total. The van der Waals surface area contributed by atoms with E-state index < -0.39 is 0 Å². The second-order valence-corrected chi connectivity index (χ2v) is 2.75. The van der Waals surface area contributed by atoms with Gasteiger partial charge in [-0.05, 0) is 31.9 Å². The van der Waals surface area contributed by atoms with E-state index in [1.807, 2.05) is 6.92 Å². The topological polar surface area (TPSA) is 43.1 Å². The van der Waals surface area contributed by atoms with Gasteiger partial charge in [-0.15, -0.1) is 0 Å². The van der Waals surface area contributed by atoms with Gasteiger partial charge in [-0.2, -0.15) is 0 Å². The Kier molecular flexibility index (Phi) is 2.13. The van der Waals surface area contributed by atoms with Crippen LogP contribution in [-0.2, 0) is 0 Å². The molecule has 0 aliphatic rings. The Bertz CT molecular complexity index is 332. The summed E-state index contributed by atoms with van der Waals surface area (Å²) in [5.41, 5.74) is 2.61. The van der Waals surface area contributed by atoms with E-state index >= 15 is 0 Å². The lowest BCUT2D eigenvalue weighted by Gasteiger charge is -2.03. The van der Waals surface area contributed by atoms with E-state index in [4.69, 9.17) is 0 Å². The Morgan fingerprint density at radius 1 is 1.33 bits per heavy atom. The molecule has 3 nitrogen and oxygen atoms in total. The molecule has 1 aromatic carbocycles. The number of nitro groups is 1. The smallest absolute Gasteiger partial charge is 0.258 e. The van der Waals surface area contributed by atoms with Crippen LogP contribution in [0.3, 0.4) is 0 Å². The third kappa shape index (κ3) is 1.30. The molecule has 3 heteroatoms. The van der Waals surface area contributed by atoms with E-state index in [2.05, 4.69) is 6.92 Å². The van der Waals surface area contributed by atoms with E-state index in [0.29, 0.717) is 5.56 Å². The molecule has 0 atom stereocenters. The van der Waals surface area contributed by atoms with Gasteiger partial charge in [0.25, 0.3) is 5.69 Å². The van der Waals surface area contributed by atoms with Gasteiger partial charge in [0.15, 0.2) is 0 Å². The maximum absolute atomic E-state index is 10.5. The first-order valence-electron chi connectivity index (χ1n) is 3.60. The number of nitro benzene ring substituents is 1. The highest BCUT2D eigenvalue weighted by Gasteiger charge is 2.12. The van der Waals surface area contributed by atoms with Crippen LogP contribution in [0.4, 0.5) is 5.69 Å². The molecular formula is C9H10NO2. The predicted molar refractivity (Wildman–Crippen MR) is 47.0 cm³/mol. The summed E-state index contributed by atoms with van der Waals surface area (Å²) in [6, 6.07) is 3.16. The van der Waals surface area contributed by atoms with Crippen LogP contribution in [0, 0.1) is 30.9 Å². The molecule has 1 radical (unpaired) electrons. The standard InChI is InChI=1S/C9H10NO2/c1-6-4-5-9(10(11)12)8(3)7(6)2/h4-5H,1H2,2-3H3. The average molecular weight is 164 g/mol. The van der Waals surface area contributed by atoms with Crippen molar-refractivity contribution in [2.24, 2.45) is 0 Å².